The molecule has 0 aromatic carbocycles. The molecule has 8 aromatic heterocycles. The van der Waals surface area contributed by atoms with Crippen LogP contribution >= 0.6 is 0 Å². The molecule has 0 spiro atoms. The fraction of sp³-hybridized carbons (Fsp3) is 0. The van der Waals surface area contributed by atoms with Gasteiger partial charge in [-0.1, -0.05) is 48.5 Å². The third-order valence-corrected chi connectivity index (χ3v) is 6.37. The third kappa shape index (κ3) is 41.1. The van der Waals surface area contributed by atoms with Gasteiger partial charge in [0.2, 0.25) is 0 Å². The molecule has 0 bridgehead atoms. The number of rotatable bonds is 4. The first-order valence-electron chi connectivity index (χ1n) is 16.3. The molecule has 0 atom stereocenters. The molecule has 8 heterocycles. The third-order valence-electron chi connectivity index (χ3n) is 6.37. The summed E-state index contributed by atoms with van der Waals surface area (Å²) in [5, 5.41) is 29.5. The van der Waals surface area contributed by atoms with E-state index in [0.29, 0.717) is 0 Å². The molecule has 8 aromatic rings. The van der Waals surface area contributed by atoms with Crippen LogP contribution in [0.4, 0.5) is 0 Å². The van der Waals surface area contributed by atoms with Crippen LogP contribution in [0.2, 0.25) is 0 Å². The van der Waals surface area contributed by atoms with Gasteiger partial charge >= 0.3 is 54.6 Å². The standard InChI is InChI=1S/4C10H8N2.2Co.Mo.2NO3.7H2O.4O/c4*1-3-7-11-9(5-1)10-6-2-4-8-12-10;;;;2*2-1(3)4;;;;;;;;;;;/h4*1-8H;;;;;;7*1H2;;;;/q;;;;2*+3;+4;2*-1;;;;;;;;4*-2. The number of pyridine rings is 8. The molecule has 0 aliphatic rings. The number of hydrogen-bond donors (Lipinski definition) is 0. The van der Waals surface area contributed by atoms with E-state index in [-0.39, 0.29) is 115 Å². The van der Waals surface area contributed by atoms with Gasteiger partial charge in [0.05, 0.1) is 55.7 Å². The van der Waals surface area contributed by atoms with E-state index < -0.39 is 10.2 Å². The number of nitrogens with zero attached hydrogens (tertiary/aromatic N) is 10. The summed E-state index contributed by atoms with van der Waals surface area (Å²) < 4.78 is 0. The maximum Gasteiger partial charge on any atom is 4.00 e. The molecule has 27 nitrogen and oxygen atoms in total. The molecular weight excluding hydrogens is 1110 g/mol. The Hall–Kier alpha value is -7.14. The van der Waals surface area contributed by atoms with Crippen LogP contribution in [0.3, 0.4) is 0 Å². The average molecular weight is 1150 g/mol. The topological polar surface area (TPSA) is 570 Å². The second-order valence-electron chi connectivity index (χ2n) is 10.2. The Labute approximate surface area is 434 Å². The molecule has 70 heavy (non-hydrogen) atoms. The Bertz CT molecular complexity index is 1780. The zero-order chi connectivity index (χ0) is 40.1. The molecule has 382 valence electrons. The Balaban J connectivity index is -0.0000000573. The molecule has 0 saturated heterocycles. The van der Waals surface area contributed by atoms with E-state index in [1.54, 1.807) is 49.6 Å². The fourth-order valence-electron chi connectivity index (χ4n) is 4.11. The maximum atomic E-state index is 8.25. The largest absolute Gasteiger partial charge is 4.00 e. The molecule has 0 aliphatic heterocycles. The predicted octanol–water partition coefficient (Wildman–Crippen LogP) is 1.84. The van der Waals surface area contributed by atoms with Crippen molar-refractivity contribution in [2.24, 2.45) is 0 Å². The van der Waals surface area contributed by atoms with Gasteiger partial charge in [-0.25, -0.2) is 0 Å². The zero-order valence-corrected chi connectivity index (χ0v) is 39.7. The van der Waals surface area contributed by atoms with Crippen LogP contribution in [0.15, 0.2) is 195 Å². The van der Waals surface area contributed by atoms with E-state index >= 15 is 0 Å². The summed E-state index contributed by atoms with van der Waals surface area (Å²) in [7, 11) is 0. The Kier molecular flexibility index (Phi) is 77.0. The molecule has 0 saturated carbocycles. The molecule has 0 aliphatic carbocycles. The van der Waals surface area contributed by atoms with Gasteiger partial charge in [-0.3, -0.25) is 39.9 Å². The molecule has 0 unspecified atom stereocenters. The van der Waals surface area contributed by atoms with Crippen LogP contribution < -0.4 is 0 Å². The monoisotopic (exact) mass is 1150 g/mol. The summed E-state index contributed by atoms with van der Waals surface area (Å²) >= 11 is 0. The van der Waals surface area contributed by atoms with Gasteiger partial charge < -0.3 is 90.9 Å². The normalized spacial score (nSPS) is 7.31. The van der Waals surface area contributed by atoms with Gasteiger partial charge in [0, 0.05) is 49.6 Å². The first-order valence-corrected chi connectivity index (χ1v) is 16.3. The van der Waals surface area contributed by atoms with Gasteiger partial charge in [0.15, 0.2) is 0 Å². The van der Waals surface area contributed by atoms with Crippen molar-refractivity contribution < 1.29 is 125 Å². The van der Waals surface area contributed by atoms with Gasteiger partial charge in [-0.05, 0) is 97.1 Å². The van der Waals surface area contributed by atoms with Crippen molar-refractivity contribution in [1.82, 2.24) is 39.9 Å². The van der Waals surface area contributed by atoms with E-state index in [9.17, 15) is 0 Å². The second kappa shape index (κ2) is 58.0. The van der Waals surface area contributed by atoms with Crippen LogP contribution in [-0.4, -0.2) is 88.4 Å². The summed E-state index contributed by atoms with van der Waals surface area (Å²) in [6.07, 6.45) is 14.1. The summed E-state index contributed by atoms with van der Waals surface area (Å²) in [4.78, 5) is 50.0. The molecule has 0 fully saturated rings. The smallest absolute Gasteiger partial charge is 2.00 e. The minimum absolute atomic E-state index is 0. The van der Waals surface area contributed by atoms with E-state index in [4.69, 9.17) is 30.6 Å². The SMILES string of the molecule is O.O.O.O.O.O.O.O=[N+]([O-])[O-].O=[N+]([O-])[O-].[Co+3].[Co+3].[Mo+4].[O-2].[O-2].[O-2].[O-2].c1ccc(-c2ccccn2)nc1.c1ccc(-c2ccccn2)nc1.c1ccc(-c2ccccn2)nc1.c1ccc(-c2ccccn2)nc1. The molecule has 0 radical (unpaired) electrons. The van der Waals surface area contributed by atoms with Crippen molar-refractivity contribution in [1.29, 1.82) is 0 Å². The number of aromatic nitrogens is 8. The van der Waals surface area contributed by atoms with Crippen LogP contribution in [0.5, 0.6) is 0 Å². The van der Waals surface area contributed by atoms with Gasteiger partial charge in [0.1, 0.15) is 0 Å². The van der Waals surface area contributed by atoms with Crippen molar-refractivity contribution in [2.75, 3.05) is 0 Å². The van der Waals surface area contributed by atoms with Crippen LogP contribution in [0.25, 0.3) is 45.6 Å². The van der Waals surface area contributed by atoms with E-state index in [0.717, 1.165) is 45.6 Å². The van der Waals surface area contributed by atoms with Gasteiger partial charge in [-0.15, -0.1) is 0 Å². The van der Waals surface area contributed by atoms with Crippen LogP contribution in [0, 0.1) is 30.6 Å². The van der Waals surface area contributed by atoms with E-state index in [1.165, 1.54) is 0 Å². The Morgan fingerprint density at radius 1 is 0.257 bits per heavy atom. The summed E-state index contributed by atoms with van der Waals surface area (Å²) in [6, 6.07) is 46.4. The van der Waals surface area contributed by atoms with Crippen molar-refractivity contribution in [3.8, 4) is 45.6 Å². The summed E-state index contributed by atoms with van der Waals surface area (Å²) in [6.45, 7) is 0. The molecular formula is C40H46Co2MoN10O17. The van der Waals surface area contributed by atoms with E-state index in [1.807, 2.05) is 146 Å². The fourth-order valence-corrected chi connectivity index (χ4v) is 4.11. The van der Waals surface area contributed by atoms with E-state index in [2.05, 4.69) is 39.9 Å². The minimum Gasteiger partial charge on any atom is -2.00 e. The maximum absolute atomic E-state index is 8.25. The molecule has 14 N–H and O–H groups in total. The van der Waals surface area contributed by atoms with Crippen molar-refractivity contribution >= 4 is 0 Å². The Morgan fingerprint density at radius 2 is 0.343 bits per heavy atom. The molecule has 8 rings (SSSR count). The van der Waals surface area contributed by atoms with Crippen LogP contribution in [-0.2, 0) is 76.5 Å². The zero-order valence-electron chi connectivity index (χ0n) is 35.6. The van der Waals surface area contributed by atoms with Gasteiger partial charge in [-0.2, -0.15) is 0 Å². The number of hydrogen-bond acceptors (Lipinski definition) is 14. The van der Waals surface area contributed by atoms with Crippen LogP contribution in [0.1, 0.15) is 0 Å². The summed E-state index contributed by atoms with van der Waals surface area (Å²) in [5.41, 5.74) is 7.32. The predicted molar refractivity (Wildman–Crippen MR) is 239 cm³/mol. The minimum atomic E-state index is -1.75. The van der Waals surface area contributed by atoms with Gasteiger partial charge in [0.25, 0.3) is 0 Å². The first kappa shape index (κ1) is 93.0. The van der Waals surface area contributed by atoms with Crippen molar-refractivity contribution in [3.05, 3.63) is 226 Å². The van der Waals surface area contributed by atoms with Crippen molar-refractivity contribution in [2.45, 2.75) is 0 Å². The molecule has 0 amide bonds. The Morgan fingerprint density at radius 3 is 0.400 bits per heavy atom. The molecule has 30 heteroatoms. The first-order chi connectivity index (χ1) is 27.3. The quantitative estimate of drug-likeness (QED) is 0.138. The average Bonchev–Trinajstić information content (AvgIpc) is 3.26. The second-order valence-corrected chi connectivity index (χ2v) is 10.2. The van der Waals surface area contributed by atoms with Crippen molar-refractivity contribution in [3.63, 3.8) is 0 Å². The summed E-state index contributed by atoms with van der Waals surface area (Å²) in [5.74, 6) is 0.